The second-order valence-corrected chi connectivity index (χ2v) is 4.07. The summed E-state index contributed by atoms with van der Waals surface area (Å²) in [5.41, 5.74) is -0.877. The van der Waals surface area contributed by atoms with Gasteiger partial charge in [-0.2, -0.15) is 5.26 Å². The van der Waals surface area contributed by atoms with Gasteiger partial charge in [0.2, 0.25) is 0 Å². The van der Waals surface area contributed by atoms with Gasteiger partial charge in [-0.05, 0) is 26.0 Å². The van der Waals surface area contributed by atoms with Crippen LogP contribution in [-0.4, -0.2) is 23.7 Å². The normalized spacial score (nSPS) is 10.5. The second kappa shape index (κ2) is 4.74. The maximum Gasteiger partial charge on any atom is 0.256 e. The highest BCUT2D eigenvalue weighted by atomic mass is 16.5. The number of carbonyl (C=O) groups excluding carboxylic acids is 1. The molecule has 1 aromatic carbocycles. The summed E-state index contributed by atoms with van der Waals surface area (Å²) < 4.78 is 4.91. The van der Waals surface area contributed by atoms with E-state index in [1.807, 2.05) is 6.07 Å². The van der Waals surface area contributed by atoms with Gasteiger partial charge in [0, 0.05) is 6.07 Å². The van der Waals surface area contributed by atoms with E-state index in [1.54, 1.807) is 19.9 Å². The molecule has 0 heterocycles. The highest BCUT2D eigenvalue weighted by molar-refractivity contribution is 5.97. The molecule has 0 aromatic heterocycles. The van der Waals surface area contributed by atoms with E-state index in [2.05, 4.69) is 5.32 Å². The van der Waals surface area contributed by atoms with E-state index in [0.29, 0.717) is 5.75 Å². The summed E-state index contributed by atoms with van der Waals surface area (Å²) in [7, 11) is 1.47. The number of hydrogen-bond donors (Lipinski definition) is 2. The van der Waals surface area contributed by atoms with E-state index in [4.69, 9.17) is 10.00 Å². The lowest BCUT2D eigenvalue weighted by molar-refractivity contribution is 0.0926. The lowest BCUT2D eigenvalue weighted by atomic mass is 10.1. The Balaban J connectivity index is 2.95. The Bertz CT molecular complexity index is 475. The summed E-state index contributed by atoms with van der Waals surface area (Å²) in [5, 5.41) is 20.9. The van der Waals surface area contributed by atoms with Crippen molar-refractivity contribution in [3.8, 4) is 17.6 Å². The van der Waals surface area contributed by atoms with Gasteiger partial charge in [0.15, 0.2) is 0 Å². The number of hydrogen-bond acceptors (Lipinski definition) is 4. The van der Waals surface area contributed by atoms with Crippen LogP contribution in [0.15, 0.2) is 18.2 Å². The number of carbonyl (C=O) groups is 1. The first kappa shape index (κ1) is 12.8. The van der Waals surface area contributed by atoms with E-state index < -0.39 is 11.4 Å². The number of amides is 1. The third-order valence-corrected chi connectivity index (χ3v) is 2.16. The Morgan fingerprint density at radius 1 is 1.53 bits per heavy atom. The van der Waals surface area contributed by atoms with E-state index in [1.165, 1.54) is 19.2 Å². The van der Waals surface area contributed by atoms with Crippen LogP contribution >= 0.6 is 0 Å². The summed E-state index contributed by atoms with van der Waals surface area (Å²) in [6.45, 7) is 3.15. The molecule has 0 aliphatic heterocycles. The fraction of sp³-hybridized carbons (Fsp3) is 0.333. The molecule has 1 amide bonds. The maximum absolute atomic E-state index is 11.8. The minimum absolute atomic E-state index is 0.106. The molecular weight excluding hydrogens is 220 g/mol. The minimum atomic E-state index is -0.983. The molecule has 2 N–H and O–H groups in total. The van der Waals surface area contributed by atoms with E-state index in [-0.39, 0.29) is 11.3 Å². The molecule has 1 aromatic rings. The summed E-state index contributed by atoms with van der Waals surface area (Å²) in [6, 6.07) is 6.29. The van der Waals surface area contributed by atoms with E-state index in [0.717, 1.165) is 0 Å². The molecule has 0 atom stereocenters. The molecule has 1 rings (SSSR count). The van der Waals surface area contributed by atoms with Gasteiger partial charge in [-0.3, -0.25) is 4.79 Å². The Hall–Kier alpha value is -2.22. The quantitative estimate of drug-likeness (QED) is 0.828. The van der Waals surface area contributed by atoms with Crippen molar-refractivity contribution in [2.75, 3.05) is 7.11 Å². The van der Waals surface area contributed by atoms with Gasteiger partial charge in [-0.1, -0.05) is 0 Å². The number of benzene rings is 1. The average Bonchev–Trinajstić information content (AvgIpc) is 2.28. The molecule has 0 bridgehead atoms. The fourth-order valence-electron chi connectivity index (χ4n) is 1.21. The van der Waals surface area contributed by atoms with Crippen LogP contribution in [0.3, 0.4) is 0 Å². The molecule has 0 radical (unpaired) electrons. The van der Waals surface area contributed by atoms with Crippen LogP contribution in [0.5, 0.6) is 11.5 Å². The monoisotopic (exact) mass is 234 g/mol. The number of methoxy groups -OCH3 is 1. The Labute approximate surface area is 99.6 Å². The van der Waals surface area contributed by atoms with E-state index >= 15 is 0 Å². The van der Waals surface area contributed by atoms with Gasteiger partial charge < -0.3 is 15.2 Å². The SMILES string of the molecule is COc1ccc(C(=O)NC(C)(C)C#N)c(O)c1. The molecular formula is C12H14N2O3. The zero-order valence-electron chi connectivity index (χ0n) is 9.94. The number of aromatic hydroxyl groups is 1. The molecule has 0 spiro atoms. The topological polar surface area (TPSA) is 82.3 Å². The van der Waals surface area contributed by atoms with Crippen molar-refractivity contribution < 1.29 is 14.6 Å². The van der Waals surface area contributed by atoms with Crippen LogP contribution in [0.4, 0.5) is 0 Å². The first-order chi connectivity index (χ1) is 7.89. The molecule has 5 nitrogen and oxygen atoms in total. The van der Waals surface area contributed by atoms with Gasteiger partial charge in [-0.25, -0.2) is 0 Å². The van der Waals surface area contributed by atoms with Gasteiger partial charge in [0.05, 0.1) is 18.7 Å². The molecule has 90 valence electrons. The van der Waals surface area contributed by atoms with Gasteiger partial charge in [0.25, 0.3) is 5.91 Å². The smallest absolute Gasteiger partial charge is 0.256 e. The number of phenolic OH excluding ortho intramolecular Hbond substituents is 1. The van der Waals surface area contributed by atoms with Crippen molar-refractivity contribution in [2.24, 2.45) is 0 Å². The largest absolute Gasteiger partial charge is 0.507 e. The molecule has 0 saturated carbocycles. The molecule has 5 heteroatoms. The van der Waals surface area contributed by atoms with Crippen molar-refractivity contribution in [1.82, 2.24) is 5.32 Å². The number of rotatable bonds is 3. The molecule has 0 aliphatic rings. The number of phenols is 1. The van der Waals surface area contributed by atoms with Gasteiger partial charge >= 0.3 is 0 Å². The van der Waals surface area contributed by atoms with Crippen molar-refractivity contribution in [1.29, 1.82) is 5.26 Å². The fourth-order valence-corrected chi connectivity index (χ4v) is 1.21. The summed E-state index contributed by atoms with van der Waals surface area (Å²) in [4.78, 5) is 11.8. The molecule has 17 heavy (non-hydrogen) atoms. The number of nitrogens with zero attached hydrogens (tertiary/aromatic N) is 1. The standard InChI is InChI=1S/C12H14N2O3/c1-12(2,7-13)14-11(16)9-5-4-8(17-3)6-10(9)15/h4-6,15H,1-3H3,(H,14,16). The summed E-state index contributed by atoms with van der Waals surface area (Å²) >= 11 is 0. The van der Waals surface area contributed by atoms with Crippen molar-refractivity contribution in [2.45, 2.75) is 19.4 Å². The predicted molar refractivity (Wildman–Crippen MR) is 61.8 cm³/mol. The van der Waals surface area contributed by atoms with Crippen LogP contribution in [0, 0.1) is 11.3 Å². The highest BCUT2D eigenvalue weighted by Gasteiger charge is 2.22. The molecule has 0 fully saturated rings. The Morgan fingerprint density at radius 2 is 2.18 bits per heavy atom. The third kappa shape index (κ3) is 3.11. The average molecular weight is 234 g/mol. The van der Waals surface area contributed by atoms with Crippen LogP contribution < -0.4 is 10.1 Å². The molecule has 0 unspecified atom stereocenters. The molecule has 0 saturated heterocycles. The minimum Gasteiger partial charge on any atom is -0.507 e. The van der Waals surface area contributed by atoms with Crippen LogP contribution in [-0.2, 0) is 0 Å². The Morgan fingerprint density at radius 3 is 2.65 bits per heavy atom. The number of nitriles is 1. The summed E-state index contributed by atoms with van der Waals surface area (Å²) in [5.74, 6) is -0.231. The molecule has 0 aliphatic carbocycles. The lowest BCUT2D eigenvalue weighted by Gasteiger charge is -2.17. The van der Waals surface area contributed by atoms with Crippen LogP contribution in [0.2, 0.25) is 0 Å². The second-order valence-electron chi connectivity index (χ2n) is 4.07. The maximum atomic E-state index is 11.8. The zero-order chi connectivity index (χ0) is 13.1. The number of ether oxygens (including phenoxy) is 1. The highest BCUT2D eigenvalue weighted by Crippen LogP contribution is 2.23. The number of nitrogens with one attached hydrogen (secondary N) is 1. The lowest BCUT2D eigenvalue weighted by Crippen LogP contribution is -2.42. The first-order valence-corrected chi connectivity index (χ1v) is 5.00. The third-order valence-electron chi connectivity index (χ3n) is 2.16. The van der Waals surface area contributed by atoms with Crippen LogP contribution in [0.1, 0.15) is 24.2 Å². The predicted octanol–water partition coefficient (Wildman–Crippen LogP) is 1.43. The van der Waals surface area contributed by atoms with Crippen LogP contribution in [0.25, 0.3) is 0 Å². The Kier molecular flexibility index (Phi) is 3.59. The van der Waals surface area contributed by atoms with Crippen molar-refractivity contribution >= 4 is 5.91 Å². The van der Waals surface area contributed by atoms with Gasteiger partial charge in [-0.15, -0.1) is 0 Å². The van der Waals surface area contributed by atoms with Crippen molar-refractivity contribution in [3.05, 3.63) is 23.8 Å². The van der Waals surface area contributed by atoms with Gasteiger partial charge in [0.1, 0.15) is 17.0 Å². The van der Waals surface area contributed by atoms with E-state index in [9.17, 15) is 9.90 Å². The van der Waals surface area contributed by atoms with Crippen molar-refractivity contribution in [3.63, 3.8) is 0 Å². The summed E-state index contributed by atoms with van der Waals surface area (Å²) in [6.07, 6.45) is 0. The zero-order valence-corrected chi connectivity index (χ0v) is 9.94. The first-order valence-electron chi connectivity index (χ1n) is 5.00.